The number of carbonyl (C=O) groups is 1. The molecule has 1 aliphatic heterocycles. The quantitative estimate of drug-likeness (QED) is 0.835. The Kier molecular flexibility index (Phi) is 4.37. The van der Waals surface area contributed by atoms with Gasteiger partial charge in [0.1, 0.15) is 5.75 Å². The molecule has 0 aliphatic carbocycles. The molecule has 1 fully saturated rings. The Morgan fingerprint density at radius 3 is 2.72 bits per heavy atom. The van der Waals surface area contributed by atoms with Gasteiger partial charge in [0.05, 0.1) is 6.54 Å². The summed E-state index contributed by atoms with van der Waals surface area (Å²) in [6.07, 6.45) is 3.64. The molecule has 2 rings (SSSR count). The van der Waals surface area contributed by atoms with Gasteiger partial charge in [0.2, 0.25) is 0 Å². The summed E-state index contributed by atoms with van der Waals surface area (Å²) in [5.74, 6) is 1.12. The zero-order chi connectivity index (χ0) is 13.0. The van der Waals surface area contributed by atoms with E-state index in [4.69, 9.17) is 0 Å². The molecule has 1 N–H and O–H groups in total. The molecule has 1 aromatic carbocycles. The summed E-state index contributed by atoms with van der Waals surface area (Å²) in [6, 6.07) is 6.52. The molecule has 0 bridgehead atoms. The summed E-state index contributed by atoms with van der Waals surface area (Å²) in [7, 11) is 0. The second kappa shape index (κ2) is 6.01. The van der Waals surface area contributed by atoms with Crippen LogP contribution in [-0.2, 0) is 0 Å². The van der Waals surface area contributed by atoms with Crippen molar-refractivity contribution in [2.45, 2.75) is 26.2 Å². The van der Waals surface area contributed by atoms with E-state index in [-0.39, 0.29) is 11.5 Å². The van der Waals surface area contributed by atoms with E-state index in [9.17, 15) is 9.90 Å². The van der Waals surface area contributed by atoms with Crippen molar-refractivity contribution in [1.82, 2.24) is 4.90 Å². The van der Waals surface area contributed by atoms with E-state index in [2.05, 4.69) is 11.8 Å². The van der Waals surface area contributed by atoms with Crippen LogP contribution in [0.1, 0.15) is 36.5 Å². The van der Waals surface area contributed by atoms with Crippen LogP contribution in [0.15, 0.2) is 24.3 Å². The summed E-state index contributed by atoms with van der Waals surface area (Å²) in [6.45, 7) is 4.82. The van der Waals surface area contributed by atoms with Crippen molar-refractivity contribution >= 4 is 5.78 Å². The molecule has 0 radical (unpaired) electrons. The van der Waals surface area contributed by atoms with Crippen LogP contribution in [0, 0.1) is 5.92 Å². The maximum atomic E-state index is 12.1. The largest absolute Gasteiger partial charge is 0.508 e. The van der Waals surface area contributed by atoms with Gasteiger partial charge in [-0.2, -0.15) is 0 Å². The number of Topliss-reactive ketones (excluding diaryl/α,β-unsaturated/α-hetero) is 1. The fourth-order valence-corrected chi connectivity index (χ4v) is 2.42. The molecule has 98 valence electrons. The topological polar surface area (TPSA) is 40.5 Å². The van der Waals surface area contributed by atoms with Crippen LogP contribution >= 0.6 is 0 Å². The van der Waals surface area contributed by atoms with Crippen molar-refractivity contribution in [3.63, 3.8) is 0 Å². The van der Waals surface area contributed by atoms with Crippen molar-refractivity contribution < 1.29 is 9.90 Å². The Bertz CT molecular complexity index is 399. The molecule has 0 spiro atoms. The summed E-state index contributed by atoms with van der Waals surface area (Å²) in [5, 5.41) is 9.20. The molecule has 3 nitrogen and oxygen atoms in total. The monoisotopic (exact) mass is 247 g/mol. The minimum atomic E-state index is 0.143. The molecule has 1 saturated heterocycles. The average Bonchev–Trinajstić information content (AvgIpc) is 2.55. The van der Waals surface area contributed by atoms with Crippen LogP contribution in [0.5, 0.6) is 5.75 Å². The van der Waals surface area contributed by atoms with E-state index in [0.717, 1.165) is 19.0 Å². The van der Waals surface area contributed by atoms with E-state index in [0.29, 0.717) is 12.1 Å². The highest BCUT2D eigenvalue weighted by atomic mass is 16.3. The van der Waals surface area contributed by atoms with Gasteiger partial charge >= 0.3 is 0 Å². The molecule has 1 atom stereocenters. The van der Waals surface area contributed by atoms with E-state index in [1.807, 2.05) is 0 Å². The maximum absolute atomic E-state index is 12.1. The van der Waals surface area contributed by atoms with E-state index in [1.165, 1.54) is 19.3 Å². The third-order valence-corrected chi connectivity index (χ3v) is 3.67. The van der Waals surface area contributed by atoms with Gasteiger partial charge in [0.25, 0.3) is 0 Å². The van der Waals surface area contributed by atoms with Crippen LogP contribution in [0.25, 0.3) is 0 Å². The third kappa shape index (κ3) is 3.57. The standard InChI is InChI=1S/C15H21NO2/c1-12-3-2-9-16(10-8-12)11-15(18)13-4-6-14(17)7-5-13/h4-7,12,17H,2-3,8-11H2,1H3. The first-order valence-electron chi connectivity index (χ1n) is 6.70. The van der Waals surface area contributed by atoms with E-state index < -0.39 is 0 Å². The molecule has 1 unspecified atom stereocenters. The van der Waals surface area contributed by atoms with Gasteiger partial charge in [0, 0.05) is 5.56 Å². The number of nitrogens with zero attached hydrogens (tertiary/aromatic N) is 1. The van der Waals surface area contributed by atoms with Crippen molar-refractivity contribution in [2.75, 3.05) is 19.6 Å². The number of aromatic hydroxyl groups is 1. The fraction of sp³-hybridized carbons (Fsp3) is 0.533. The Labute approximate surface area is 108 Å². The number of hydrogen-bond acceptors (Lipinski definition) is 3. The first-order valence-corrected chi connectivity index (χ1v) is 6.70. The van der Waals surface area contributed by atoms with Gasteiger partial charge < -0.3 is 5.11 Å². The second-order valence-corrected chi connectivity index (χ2v) is 5.28. The minimum absolute atomic E-state index is 0.143. The predicted octanol–water partition coefficient (Wildman–Crippen LogP) is 2.70. The number of carbonyl (C=O) groups excluding carboxylic acids is 1. The van der Waals surface area contributed by atoms with Gasteiger partial charge in [-0.3, -0.25) is 9.69 Å². The Balaban J connectivity index is 1.92. The number of hydrogen-bond donors (Lipinski definition) is 1. The molecule has 3 heteroatoms. The predicted molar refractivity (Wildman–Crippen MR) is 71.9 cm³/mol. The van der Waals surface area contributed by atoms with Gasteiger partial charge in [-0.25, -0.2) is 0 Å². The molecule has 1 aliphatic rings. The number of phenols is 1. The summed E-state index contributed by atoms with van der Waals surface area (Å²) in [4.78, 5) is 14.3. The van der Waals surface area contributed by atoms with Crippen LogP contribution in [0.4, 0.5) is 0 Å². The van der Waals surface area contributed by atoms with Crippen molar-refractivity contribution in [3.8, 4) is 5.75 Å². The number of ketones is 1. The highest BCUT2D eigenvalue weighted by molar-refractivity contribution is 5.97. The number of rotatable bonds is 3. The van der Waals surface area contributed by atoms with Crippen LogP contribution in [0.2, 0.25) is 0 Å². The fourth-order valence-electron chi connectivity index (χ4n) is 2.42. The maximum Gasteiger partial charge on any atom is 0.176 e. The summed E-state index contributed by atoms with van der Waals surface area (Å²) < 4.78 is 0. The first-order chi connectivity index (χ1) is 8.65. The molecule has 1 heterocycles. The first kappa shape index (κ1) is 13.1. The zero-order valence-corrected chi connectivity index (χ0v) is 10.9. The smallest absolute Gasteiger partial charge is 0.176 e. The summed E-state index contributed by atoms with van der Waals surface area (Å²) in [5.41, 5.74) is 0.685. The Morgan fingerprint density at radius 2 is 2.00 bits per heavy atom. The van der Waals surface area contributed by atoms with E-state index in [1.54, 1.807) is 24.3 Å². The van der Waals surface area contributed by atoms with Crippen LogP contribution < -0.4 is 0 Å². The average molecular weight is 247 g/mol. The molecule has 0 aromatic heterocycles. The van der Waals surface area contributed by atoms with Gasteiger partial charge in [0.15, 0.2) is 5.78 Å². The lowest BCUT2D eigenvalue weighted by Crippen LogP contribution is -2.30. The molecular formula is C15H21NO2. The molecule has 0 amide bonds. The van der Waals surface area contributed by atoms with Crippen molar-refractivity contribution in [1.29, 1.82) is 0 Å². The lowest BCUT2D eigenvalue weighted by atomic mass is 10.0. The van der Waals surface area contributed by atoms with Gasteiger partial charge in [-0.1, -0.05) is 6.92 Å². The highest BCUT2D eigenvalue weighted by Gasteiger charge is 2.16. The van der Waals surface area contributed by atoms with Crippen LogP contribution in [-0.4, -0.2) is 35.4 Å². The highest BCUT2D eigenvalue weighted by Crippen LogP contribution is 2.17. The molecule has 0 saturated carbocycles. The minimum Gasteiger partial charge on any atom is -0.508 e. The zero-order valence-electron chi connectivity index (χ0n) is 10.9. The van der Waals surface area contributed by atoms with E-state index >= 15 is 0 Å². The molecule has 1 aromatic rings. The summed E-state index contributed by atoms with van der Waals surface area (Å²) >= 11 is 0. The van der Waals surface area contributed by atoms with Gasteiger partial charge in [-0.15, -0.1) is 0 Å². The molecular weight excluding hydrogens is 226 g/mol. The Hall–Kier alpha value is -1.35. The second-order valence-electron chi connectivity index (χ2n) is 5.28. The van der Waals surface area contributed by atoms with Gasteiger partial charge in [-0.05, 0) is 62.5 Å². The lowest BCUT2D eigenvalue weighted by molar-refractivity contribution is 0.0932. The van der Waals surface area contributed by atoms with Crippen molar-refractivity contribution in [3.05, 3.63) is 29.8 Å². The molecule has 18 heavy (non-hydrogen) atoms. The Morgan fingerprint density at radius 1 is 1.28 bits per heavy atom. The number of likely N-dealkylation sites (tertiary alicyclic amines) is 1. The number of phenolic OH excluding ortho intramolecular Hbond substituents is 1. The third-order valence-electron chi connectivity index (χ3n) is 3.67. The van der Waals surface area contributed by atoms with Crippen LogP contribution in [0.3, 0.4) is 0 Å². The lowest BCUT2D eigenvalue weighted by Gasteiger charge is -2.18. The number of benzene rings is 1. The van der Waals surface area contributed by atoms with Crippen molar-refractivity contribution in [2.24, 2.45) is 5.92 Å². The SMILES string of the molecule is CC1CCCN(CC(=O)c2ccc(O)cc2)CC1. The normalized spacial score (nSPS) is 21.5.